The Morgan fingerprint density at radius 3 is 2.76 bits per heavy atom. The minimum atomic E-state index is -3.85. The quantitative estimate of drug-likeness (QED) is 0.788. The van der Waals surface area contributed by atoms with Crippen LogP contribution in [0.3, 0.4) is 0 Å². The Morgan fingerprint density at radius 2 is 2.19 bits per heavy atom. The minimum Gasteiger partial charge on any atom is -0.478 e. The number of nitrogens with one attached hydrogen (secondary N) is 1. The first-order chi connectivity index (χ1) is 9.81. The molecule has 1 aromatic carbocycles. The number of halogens is 2. The largest absolute Gasteiger partial charge is 0.478 e. The van der Waals surface area contributed by atoms with E-state index >= 15 is 0 Å². The molecule has 0 radical (unpaired) electrons. The highest BCUT2D eigenvalue weighted by Crippen LogP contribution is 2.30. The number of carboxylic acids is 1. The minimum absolute atomic E-state index is 0.0519. The zero-order valence-corrected chi connectivity index (χ0v) is 14.2. The summed E-state index contributed by atoms with van der Waals surface area (Å²) in [4.78, 5) is 15.5. The predicted molar refractivity (Wildman–Crippen MR) is 82.3 cm³/mol. The molecule has 0 amide bonds. The maximum absolute atomic E-state index is 12.2. The first-order valence-electron chi connectivity index (χ1n) is 5.40. The molecular formula is C11H8BrClN2O4S2. The molecule has 1 heterocycles. The third-order valence-electron chi connectivity index (χ3n) is 2.46. The number of rotatable bonds is 5. The van der Waals surface area contributed by atoms with Gasteiger partial charge in [-0.2, -0.15) is 0 Å². The van der Waals surface area contributed by atoms with Crippen LogP contribution in [-0.4, -0.2) is 24.5 Å². The zero-order chi connectivity index (χ0) is 15.6. The lowest BCUT2D eigenvalue weighted by Gasteiger charge is -2.09. The molecule has 2 aromatic rings. The molecule has 0 aliphatic rings. The molecule has 2 N–H and O–H groups in total. The first-order valence-corrected chi connectivity index (χ1v) is 8.94. The van der Waals surface area contributed by atoms with Crippen LogP contribution < -0.4 is 4.72 Å². The Morgan fingerprint density at radius 1 is 1.48 bits per heavy atom. The molecule has 0 unspecified atom stereocenters. The number of nitrogens with zero attached hydrogens (tertiary/aromatic N) is 1. The summed E-state index contributed by atoms with van der Waals surface area (Å²) < 4.78 is 26.9. The molecule has 112 valence electrons. The molecule has 1 aromatic heterocycles. The number of carbonyl (C=O) groups is 1. The monoisotopic (exact) mass is 410 g/mol. The van der Waals surface area contributed by atoms with Gasteiger partial charge in [0.25, 0.3) is 0 Å². The van der Waals surface area contributed by atoms with E-state index < -0.39 is 16.0 Å². The van der Waals surface area contributed by atoms with Crippen molar-refractivity contribution < 1.29 is 18.3 Å². The highest BCUT2D eigenvalue weighted by molar-refractivity contribution is 9.10. The second-order valence-corrected chi connectivity index (χ2v) is 7.83. The Kier molecular flexibility index (Phi) is 4.99. The normalized spacial score (nSPS) is 11.5. The van der Waals surface area contributed by atoms with E-state index in [0.717, 1.165) is 10.9 Å². The molecule has 0 aliphatic heterocycles. The Balaban J connectivity index is 2.33. The number of sulfonamides is 1. The topological polar surface area (TPSA) is 96.4 Å². The van der Waals surface area contributed by atoms with E-state index in [-0.39, 0.29) is 26.5 Å². The van der Waals surface area contributed by atoms with E-state index in [1.165, 1.54) is 17.4 Å². The van der Waals surface area contributed by atoms with Gasteiger partial charge >= 0.3 is 5.97 Å². The second-order valence-electron chi connectivity index (χ2n) is 3.86. The molecule has 10 heteroatoms. The average Bonchev–Trinajstić information content (AvgIpc) is 2.92. The summed E-state index contributed by atoms with van der Waals surface area (Å²) in [6.45, 7) is 0.0790. The lowest BCUT2D eigenvalue weighted by Crippen LogP contribution is -2.23. The van der Waals surface area contributed by atoms with Crippen LogP contribution in [0, 0.1) is 0 Å². The highest BCUT2D eigenvalue weighted by Gasteiger charge is 2.20. The fourth-order valence-electron chi connectivity index (χ4n) is 1.45. The van der Waals surface area contributed by atoms with Gasteiger partial charge < -0.3 is 5.11 Å². The van der Waals surface area contributed by atoms with Gasteiger partial charge in [0, 0.05) is 22.1 Å². The van der Waals surface area contributed by atoms with Gasteiger partial charge in [-0.25, -0.2) is 17.9 Å². The van der Waals surface area contributed by atoms with Crippen molar-refractivity contribution in [1.29, 1.82) is 0 Å². The van der Waals surface area contributed by atoms with Gasteiger partial charge in [0.15, 0.2) is 0 Å². The molecule has 0 saturated carbocycles. The van der Waals surface area contributed by atoms with Crippen molar-refractivity contribution in [3.63, 3.8) is 0 Å². The third kappa shape index (κ3) is 3.80. The van der Waals surface area contributed by atoms with Gasteiger partial charge in [-0.05, 0) is 28.1 Å². The fourth-order valence-corrected chi connectivity index (χ4v) is 3.94. The lowest BCUT2D eigenvalue weighted by molar-refractivity contribution is 0.0696. The zero-order valence-electron chi connectivity index (χ0n) is 10.2. The Hall–Kier alpha value is -1.00. The van der Waals surface area contributed by atoms with Crippen molar-refractivity contribution in [2.45, 2.75) is 11.4 Å². The Bertz CT molecular complexity index is 778. The maximum Gasteiger partial charge on any atom is 0.337 e. The molecule has 0 fully saturated rings. The molecule has 0 bridgehead atoms. The summed E-state index contributed by atoms with van der Waals surface area (Å²) in [5.74, 6) is -1.31. The SMILES string of the molecule is O=C(O)c1cc(S(=O)(=O)NCc2cncs2)cc(Br)c1Cl. The number of aromatic nitrogens is 1. The van der Waals surface area contributed by atoms with Crippen LogP contribution in [0.2, 0.25) is 5.02 Å². The van der Waals surface area contributed by atoms with E-state index in [0.29, 0.717) is 0 Å². The molecule has 0 atom stereocenters. The molecule has 0 spiro atoms. The lowest BCUT2D eigenvalue weighted by atomic mass is 10.2. The van der Waals surface area contributed by atoms with Crippen molar-refractivity contribution in [3.8, 4) is 0 Å². The van der Waals surface area contributed by atoms with Crippen LogP contribution in [0.5, 0.6) is 0 Å². The number of aromatic carboxylic acids is 1. The average molecular weight is 412 g/mol. The number of carboxylic acid groups (broad SMARTS) is 1. The molecule has 2 rings (SSSR count). The van der Waals surface area contributed by atoms with E-state index in [9.17, 15) is 13.2 Å². The number of benzene rings is 1. The van der Waals surface area contributed by atoms with Gasteiger partial charge in [-0.3, -0.25) is 4.98 Å². The van der Waals surface area contributed by atoms with E-state index in [1.807, 2.05) is 0 Å². The summed E-state index contributed by atoms with van der Waals surface area (Å²) in [6.07, 6.45) is 1.55. The summed E-state index contributed by atoms with van der Waals surface area (Å²) in [5, 5.41) is 8.98. The van der Waals surface area contributed by atoms with Crippen molar-refractivity contribution in [1.82, 2.24) is 9.71 Å². The van der Waals surface area contributed by atoms with Gasteiger partial charge in [-0.15, -0.1) is 11.3 Å². The maximum atomic E-state index is 12.2. The summed E-state index contributed by atoms with van der Waals surface area (Å²) >= 11 is 10.2. The summed E-state index contributed by atoms with van der Waals surface area (Å²) in [7, 11) is -3.85. The number of thiazole rings is 1. The van der Waals surface area contributed by atoms with Gasteiger partial charge in [-0.1, -0.05) is 11.6 Å². The summed E-state index contributed by atoms with van der Waals surface area (Å²) in [6, 6.07) is 2.27. The van der Waals surface area contributed by atoms with Crippen molar-refractivity contribution in [2.24, 2.45) is 0 Å². The standard InChI is InChI=1S/C11H8BrClN2O4S2/c12-9-2-7(1-8(10(9)13)11(16)17)21(18,19)15-4-6-3-14-5-20-6/h1-3,5,15H,4H2,(H,16,17). The highest BCUT2D eigenvalue weighted by atomic mass is 79.9. The van der Waals surface area contributed by atoms with Gasteiger partial charge in [0.05, 0.1) is 21.0 Å². The molecule has 6 nitrogen and oxygen atoms in total. The van der Waals surface area contributed by atoms with Crippen LogP contribution in [-0.2, 0) is 16.6 Å². The van der Waals surface area contributed by atoms with E-state index in [1.54, 1.807) is 11.7 Å². The molecule has 0 saturated heterocycles. The van der Waals surface area contributed by atoms with E-state index in [4.69, 9.17) is 16.7 Å². The first kappa shape index (κ1) is 16.4. The van der Waals surface area contributed by atoms with Crippen molar-refractivity contribution >= 4 is 54.9 Å². The Labute approximate surface area is 138 Å². The van der Waals surface area contributed by atoms with E-state index in [2.05, 4.69) is 25.6 Å². The van der Waals surface area contributed by atoms with Crippen LogP contribution in [0.25, 0.3) is 0 Å². The fraction of sp³-hybridized carbons (Fsp3) is 0.0909. The van der Waals surface area contributed by atoms with Gasteiger partial charge in [0.2, 0.25) is 10.0 Å². The van der Waals surface area contributed by atoms with Gasteiger partial charge in [0.1, 0.15) is 0 Å². The van der Waals surface area contributed by atoms with Crippen LogP contribution in [0.4, 0.5) is 0 Å². The molecule has 21 heavy (non-hydrogen) atoms. The predicted octanol–water partition coefficient (Wildman–Crippen LogP) is 2.74. The third-order valence-corrected chi connectivity index (χ3v) is 5.88. The smallest absolute Gasteiger partial charge is 0.337 e. The van der Waals surface area contributed by atoms with Crippen molar-refractivity contribution in [3.05, 3.63) is 43.8 Å². The molecule has 0 aliphatic carbocycles. The second kappa shape index (κ2) is 6.41. The number of hydrogen-bond acceptors (Lipinski definition) is 5. The molecular weight excluding hydrogens is 404 g/mol. The number of hydrogen-bond donors (Lipinski definition) is 2. The van der Waals surface area contributed by atoms with Crippen molar-refractivity contribution in [2.75, 3.05) is 0 Å². The van der Waals surface area contributed by atoms with Crippen LogP contribution in [0.1, 0.15) is 15.2 Å². The van der Waals surface area contributed by atoms with Crippen LogP contribution in [0.15, 0.2) is 33.2 Å². The summed E-state index contributed by atoms with van der Waals surface area (Å²) in [5.41, 5.74) is 1.30. The van der Waals surface area contributed by atoms with Crippen LogP contribution >= 0.6 is 38.9 Å².